The Morgan fingerprint density at radius 1 is 1.35 bits per heavy atom. The number of nitrogens with zero attached hydrogens (tertiary/aromatic N) is 2. The molecule has 0 heterocycles. The van der Waals surface area contributed by atoms with Crippen molar-refractivity contribution < 1.29 is 4.92 Å². The molecule has 1 N–H and O–H groups in total. The molecule has 6 heteroatoms. The van der Waals surface area contributed by atoms with Crippen LogP contribution in [0.3, 0.4) is 0 Å². The molecule has 0 atom stereocenters. The summed E-state index contributed by atoms with van der Waals surface area (Å²) in [5.41, 5.74) is 0.399. The van der Waals surface area contributed by atoms with E-state index in [-0.39, 0.29) is 11.3 Å². The van der Waals surface area contributed by atoms with Gasteiger partial charge >= 0.3 is 5.69 Å². The standard InChI is InChI=1S/C14H19N3O2S/c1-20-10-5-3-2-4-9-16-13-8-6-7-12(11-15)14(13)17(18)19/h6-8,16H,2-5,9-10H2,1H3. The van der Waals surface area contributed by atoms with Crippen molar-refractivity contribution in [1.29, 1.82) is 5.26 Å². The van der Waals surface area contributed by atoms with Crippen LogP contribution in [0.25, 0.3) is 0 Å². The predicted molar refractivity (Wildman–Crippen MR) is 83.2 cm³/mol. The predicted octanol–water partition coefficient (Wildman–Crippen LogP) is 3.80. The number of benzene rings is 1. The molecule has 0 radical (unpaired) electrons. The maximum Gasteiger partial charge on any atom is 0.309 e. The first kappa shape index (κ1) is 16.3. The Balaban J connectivity index is 2.48. The highest BCUT2D eigenvalue weighted by Gasteiger charge is 2.18. The topological polar surface area (TPSA) is 79.0 Å². The van der Waals surface area contributed by atoms with Gasteiger partial charge in [0.1, 0.15) is 17.3 Å². The monoisotopic (exact) mass is 293 g/mol. The van der Waals surface area contributed by atoms with Crippen molar-refractivity contribution in [2.24, 2.45) is 0 Å². The number of anilines is 1. The quantitative estimate of drug-likeness (QED) is 0.425. The molecule has 0 amide bonds. The maximum absolute atomic E-state index is 11.0. The van der Waals surface area contributed by atoms with E-state index in [1.165, 1.54) is 24.7 Å². The van der Waals surface area contributed by atoms with Crippen LogP contribution in [0.15, 0.2) is 18.2 Å². The summed E-state index contributed by atoms with van der Waals surface area (Å²) in [4.78, 5) is 10.5. The second-order valence-corrected chi connectivity index (χ2v) is 5.39. The van der Waals surface area contributed by atoms with E-state index in [2.05, 4.69) is 11.6 Å². The molecule has 0 spiro atoms. The molecular formula is C14H19N3O2S. The van der Waals surface area contributed by atoms with Crippen LogP contribution in [0.1, 0.15) is 31.2 Å². The van der Waals surface area contributed by atoms with E-state index in [1.807, 2.05) is 17.8 Å². The smallest absolute Gasteiger partial charge is 0.309 e. The summed E-state index contributed by atoms with van der Waals surface area (Å²) >= 11 is 1.85. The summed E-state index contributed by atoms with van der Waals surface area (Å²) in [6, 6.07) is 6.63. The van der Waals surface area contributed by atoms with Crippen LogP contribution < -0.4 is 5.32 Å². The van der Waals surface area contributed by atoms with E-state index >= 15 is 0 Å². The summed E-state index contributed by atoms with van der Waals surface area (Å²) < 4.78 is 0. The zero-order valence-corrected chi connectivity index (χ0v) is 12.4. The van der Waals surface area contributed by atoms with E-state index < -0.39 is 4.92 Å². The number of hydrogen-bond donors (Lipinski definition) is 1. The third-order valence-corrected chi connectivity index (χ3v) is 3.63. The van der Waals surface area contributed by atoms with E-state index in [1.54, 1.807) is 12.1 Å². The van der Waals surface area contributed by atoms with E-state index in [9.17, 15) is 10.1 Å². The molecule has 0 unspecified atom stereocenters. The first-order chi connectivity index (χ1) is 9.70. The fourth-order valence-electron chi connectivity index (χ4n) is 1.92. The van der Waals surface area contributed by atoms with Gasteiger partial charge in [0.05, 0.1) is 4.92 Å². The first-order valence-electron chi connectivity index (χ1n) is 6.61. The van der Waals surface area contributed by atoms with Crippen LogP contribution in [-0.4, -0.2) is 23.5 Å². The van der Waals surface area contributed by atoms with Crippen molar-refractivity contribution in [3.63, 3.8) is 0 Å². The van der Waals surface area contributed by atoms with Gasteiger partial charge < -0.3 is 5.32 Å². The van der Waals surface area contributed by atoms with Gasteiger partial charge in [-0.1, -0.05) is 18.9 Å². The second kappa shape index (κ2) is 9.21. The summed E-state index contributed by atoms with van der Waals surface area (Å²) in [5.74, 6) is 1.18. The Morgan fingerprint density at radius 3 is 2.75 bits per heavy atom. The van der Waals surface area contributed by atoms with Crippen molar-refractivity contribution in [1.82, 2.24) is 0 Å². The SMILES string of the molecule is CSCCCCCCNc1cccc(C#N)c1[N+](=O)[O-]. The molecule has 5 nitrogen and oxygen atoms in total. The molecule has 1 aromatic carbocycles. The fourth-order valence-corrected chi connectivity index (χ4v) is 2.41. The zero-order chi connectivity index (χ0) is 14.8. The van der Waals surface area contributed by atoms with Gasteiger partial charge in [0.2, 0.25) is 0 Å². The lowest BCUT2D eigenvalue weighted by Crippen LogP contribution is -2.05. The number of nitro benzene ring substituents is 1. The molecule has 0 fully saturated rings. The highest BCUT2D eigenvalue weighted by atomic mass is 32.2. The van der Waals surface area contributed by atoms with Crippen LogP contribution >= 0.6 is 11.8 Å². The number of thioether (sulfide) groups is 1. The number of nitrogens with one attached hydrogen (secondary N) is 1. The van der Waals surface area contributed by atoms with Crippen molar-refractivity contribution in [3.8, 4) is 6.07 Å². The van der Waals surface area contributed by atoms with Gasteiger partial charge in [0.25, 0.3) is 0 Å². The molecule has 1 rings (SSSR count). The van der Waals surface area contributed by atoms with Gasteiger partial charge in [0.15, 0.2) is 0 Å². The minimum Gasteiger partial charge on any atom is -0.379 e. The van der Waals surface area contributed by atoms with Crippen LogP contribution in [0, 0.1) is 21.4 Å². The minimum atomic E-state index is -0.501. The van der Waals surface area contributed by atoms with Crippen LogP contribution in [0.4, 0.5) is 11.4 Å². The molecule has 0 aliphatic heterocycles. The molecule has 0 saturated heterocycles. The van der Waals surface area contributed by atoms with E-state index in [4.69, 9.17) is 5.26 Å². The Morgan fingerprint density at radius 2 is 2.10 bits per heavy atom. The lowest BCUT2D eigenvalue weighted by atomic mass is 10.1. The third-order valence-electron chi connectivity index (χ3n) is 2.93. The summed E-state index contributed by atoms with van der Waals surface area (Å²) in [6.45, 7) is 0.689. The van der Waals surface area contributed by atoms with Crippen LogP contribution in [-0.2, 0) is 0 Å². The summed E-state index contributed by atoms with van der Waals surface area (Å²) in [7, 11) is 0. The highest BCUT2D eigenvalue weighted by Crippen LogP contribution is 2.27. The average molecular weight is 293 g/mol. The maximum atomic E-state index is 11.0. The summed E-state index contributed by atoms with van der Waals surface area (Å²) in [5, 5.41) is 23.0. The molecule has 0 aliphatic rings. The highest BCUT2D eigenvalue weighted by molar-refractivity contribution is 7.98. The largest absolute Gasteiger partial charge is 0.379 e. The zero-order valence-electron chi connectivity index (χ0n) is 11.6. The van der Waals surface area contributed by atoms with Gasteiger partial charge in [0, 0.05) is 6.54 Å². The Bertz CT molecular complexity index is 486. The van der Waals surface area contributed by atoms with Crippen molar-refractivity contribution in [2.75, 3.05) is 23.9 Å². The molecule has 108 valence electrons. The van der Waals surface area contributed by atoms with Gasteiger partial charge in [-0.2, -0.15) is 17.0 Å². The van der Waals surface area contributed by atoms with Crippen LogP contribution in [0.5, 0.6) is 0 Å². The average Bonchev–Trinajstić information content (AvgIpc) is 2.45. The number of unbranched alkanes of at least 4 members (excludes halogenated alkanes) is 3. The second-order valence-electron chi connectivity index (χ2n) is 4.40. The number of rotatable bonds is 9. The lowest BCUT2D eigenvalue weighted by molar-refractivity contribution is -0.384. The minimum absolute atomic E-state index is 0.0972. The number of nitro groups is 1. The Hall–Kier alpha value is -1.74. The third kappa shape index (κ3) is 5.10. The molecule has 0 saturated carbocycles. The number of para-hydroxylation sites is 1. The van der Waals surface area contributed by atoms with Gasteiger partial charge in [-0.3, -0.25) is 10.1 Å². The Kier molecular flexibility index (Phi) is 7.51. The molecule has 0 bridgehead atoms. The van der Waals surface area contributed by atoms with Gasteiger partial charge in [-0.25, -0.2) is 0 Å². The number of nitriles is 1. The van der Waals surface area contributed by atoms with Crippen molar-refractivity contribution in [3.05, 3.63) is 33.9 Å². The normalized spacial score (nSPS) is 10.0. The van der Waals surface area contributed by atoms with Crippen molar-refractivity contribution >= 4 is 23.1 Å². The van der Waals surface area contributed by atoms with Gasteiger partial charge in [-0.15, -0.1) is 0 Å². The van der Waals surface area contributed by atoms with E-state index in [0.717, 1.165) is 12.8 Å². The number of hydrogen-bond acceptors (Lipinski definition) is 5. The first-order valence-corrected chi connectivity index (χ1v) is 8.00. The Labute approximate surface area is 123 Å². The van der Waals surface area contributed by atoms with Gasteiger partial charge in [-0.05, 0) is 37.0 Å². The lowest BCUT2D eigenvalue weighted by Gasteiger charge is -2.07. The van der Waals surface area contributed by atoms with E-state index in [0.29, 0.717) is 12.2 Å². The molecule has 0 aliphatic carbocycles. The fraction of sp³-hybridized carbons (Fsp3) is 0.500. The molecule has 1 aromatic rings. The molecular weight excluding hydrogens is 274 g/mol. The molecule has 20 heavy (non-hydrogen) atoms. The summed E-state index contributed by atoms with van der Waals surface area (Å²) in [6.07, 6.45) is 6.58. The van der Waals surface area contributed by atoms with Crippen LogP contribution in [0.2, 0.25) is 0 Å². The van der Waals surface area contributed by atoms with Crippen molar-refractivity contribution in [2.45, 2.75) is 25.7 Å². The molecule has 0 aromatic heterocycles.